The fourth-order valence-electron chi connectivity index (χ4n) is 2.79. The maximum atomic E-state index is 6.27. The van der Waals surface area contributed by atoms with Gasteiger partial charge in [-0.25, -0.2) is 0 Å². The van der Waals surface area contributed by atoms with Crippen molar-refractivity contribution < 1.29 is 9.47 Å². The summed E-state index contributed by atoms with van der Waals surface area (Å²) >= 11 is 6.19. The Kier molecular flexibility index (Phi) is 6.65. The molecule has 1 N–H and O–H groups in total. The molecule has 0 aromatic heterocycles. The average molecular weight is 312 g/mol. The summed E-state index contributed by atoms with van der Waals surface area (Å²) in [5.74, 6) is 1.60. The van der Waals surface area contributed by atoms with Crippen LogP contribution in [-0.4, -0.2) is 19.8 Å². The molecule has 1 aliphatic rings. The second-order valence-corrected chi connectivity index (χ2v) is 6.09. The standard InChI is InChI=1S/C17H26ClNO2/c1-3-9-19-12-13-10-14(18)11-16(20-2)17(13)21-15-7-5-4-6-8-15/h10-11,15,19H,3-9,12H2,1-2H3. The minimum absolute atomic E-state index is 0.304. The molecular weight excluding hydrogens is 286 g/mol. The molecule has 1 aromatic rings. The summed E-state index contributed by atoms with van der Waals surface area (Å²) in [6.07, 6.45) is 7.51. The Balaban J connectivity index is 2.17. The number of benzene rings is 1. The summed E-state index contributed by atoms with van der Waals surface area (Å²) in [6, 6.07) is 3.81. The Morgan fingerprint density at radius 2 is 2.00 bits per heavy atom. The third-order valence-corrected chi connectivity index (χ3v) is 4.11. The lowest BCUT2D eigenvalue weighted by atomic mass is 9.97. The summed E-state index contributed by atoms with van der Waals surface area (Å²) < 4.78 is 11.7. The predicted molar refractivity (Wildman–Crippen MR) is 87.5 cm³/mol. The highest BCUT2D eigenvalue weighted by Crippen LogP contribution is 2.37. The van der Waals surface area contributed by atoms with E-state index >= 15 is 0 Å². The highest BCUT2D eigenvalue weighted by atomic mass is 35.5. The van der Waals surface area contributed by atoms with Gasteiger partial charge in [0.15, 0.2) is 11.5 Å². The van der Waals surface area contributed by atoms with Gasteiger partial charge in [-0.2, -0.15) is 0 Å². The van der Waals surface area contributed by atoms with Crippen molar-refractivity contribution in [3.63, 3.8) is 0 Å². The van der Waals surface area contributed by atoms with Gasteiger partial charge in [0.05, 0.1) is 13.2 Å². The number of rotatable bonds is 7. The molecule has 0 amide bonds. The average Bonchev–Trinajstić information content (AvgIpc) is 2.50. The zero-order valence-electron chi connectivity index (χ0n) is 13.1. The first-order valence-corrected chi connectivity index (χ1v) is 8.36. The second-order valence-electron chi connectivity index (χ2n) is 5.65. The molecular formula is C17H26ClNO2. The SMILES string of the molecule is CCCNCc1cc(Cl)cc(OC)c1OC1CCCCC1. The van der Waals surface area contributed by atoms with E-state index in [9.17, 15) is 0 Å². The Bertz CT molecular complexity index is 445. The van der Waals surface area contributed by atoms with Crippen LogP contribution in [0.5, 0.6) is 11.5 Å². The molecule has 0 heterocycles. The van der Waals surface area contributed by atoms with Crippen molar-refractivity contribution in [2.24, 2.45) is 0 Å². The van der Waals surface area contributed by atoms with Crippen LogP contribution in [0.2, 0.25) is 5.02 Å². The maximum Gasteiger partial charge on any atom is 0.166 e. The van der Waals surface area contributed by atoms with Gasteiger partial charge in [0.2, 0.25) is 0 Å². The Hall–Kier alpha value is -0.930. The van der Waals surface area contributed by atoms with Crippen LogP contribution < -0.4 is 14.8 Å². The number of hydrogen-bond donors (Lipinski definition) is 1. The molecule has 3 nitrogen and oxygen atoms in total. The molecule has 0 atom stereocenters. The molecule has 4 heteroatoms. The lowest BCUT2D eigenvalue weighted by Gasteiger charge is -2.25. The van der Waals surface area contributed by atoms with Crippen molar-refractivity contribution in [3.8, 4) is 11.5 Å². The van der Waals surface area contributed by atoms with Gasteiger partial charge in [0.25, 0.3) is 0 Å². The molecule has 0 bridgehead atoms. The Morgan fingerprint density at radius 3 is 2.67 bits per heavy atom. The van der Waals surface area contributed by atoms with E-state index in [0.717, 1.165) is 49.4 Å². The lowest BCUT2D eigenvalue weighted by molar-refractivity contribution is 0.148. The third-order valence-electron chi connectivity index (χ3n) is 3.90. The van der Waals surface area contributed by atoms with E-state index in [2.05, 4.69) is 12.2 Å². The van der Waals surface area contributed by atoms with Crippen molar-refractivity contribution in [1.29, 1.82) is 0 Å². The van der Waals surface area contributed by atoms with E-state index in [-0.39, 0.29) is 0 Å². The first-order chi connectivity index (χ1) is 10.2. The number of nitrogens with one attached hydrogen (secondary N) is 1. The summed E-state index contributed by atoms with van der Waals surface area (Å²) in [5.41, 5.74) is 1.08. The van der Waals surface area contributed by atoms with Gasteiger partial charge < -0.3 is 14.8 Å². The van der Waals surface area contributed by atoms with Crippen molar-refractivity contribution in [3.05, 3.63) is 22.7 Å². The molecule has 0 aliphatic heterocycles. The zero-order valence-corrected chi connectivity index (χ0v) is 13.8. The van der Waals surface area contributed by atoms with Gasteiger partial charge in [-0.05, 0) is 44.7 Å². The molecule has 118 valence electrons. The van der Waals surface area contributed by atoms with Crippen LogP contribution >= 0.6 is 11.6 Å². The van der Waals surface area contributed by atoms with Gasteiger partial charge in [-0.1, -0.05) is 24.9 Å². The summed E-state index contributed by atoms with van der Waals surface area (Å²) in [4.78, 5) is 0. The zero-order chi connectivity index (χ0) is 15.1. The van der Waals surface area contributed by atoms with Crippen LogP contribution in [0.15, 0.2) is 12.1 Å². The highest BCUT2D eigenvalue weighted by molar-refractivity contribution is 6.30. The fraction of sp³-hybridized carbons (Fsp3) is 0.647. The van der Waals surface area contributed by atoms with Crippen LogP contribution in [0.25, 0.3) is 0 Å². The first kappa shape index (κ1) is 16.4. The molecule has 1 saturated carbocycles. The van der Waals surface area contributed by atoms with E-state index in [1.54, 1.807) is 7.11 Å². The van der Waals surface area contributed by atoms with E-state index < -0.39 is 0 Å². The normalized spacial score (nSPS) is 16.0. The van der Waals surface area contributed by atoms with Crippen LogP contribution in [0.1, 0.15) is 51.0 Å². The number of hydrogen-bond acceptors (Lipinski definition) is 3. The lowest BCUT2D eigenvalue weighted by Crippen LogP contribution is -2.22. The largest absolute Gasteiger partial charge is 0.493 e. The minimum Gasteiger partial charge on any atom is -0.493 e. The van der Waals surface area contributed by atoms with Gasteiger partial charge in [0.1, 0.15) is 0 Å². The number of methoxy groups -OCH3 is 1. The maximum absolute atomic E-state index is 6.27. The Morgan fingerprint density at radius 1 is 1.24 bits per heavy atom. The summed E-state index contributed by atoms with van der Waals surface area (Å²) in [5, 5.41) is 4.10. The Labute approximate surface area is 133 Å². The summed E-state index contributed by atoms with van der Waals surface area (Å²) in [7, 11) is 1.67. The molecule has 21 heavy (non-hydrogen) atoms. The molecule has 1 aliphatic carbocycles. The van der Waals surface area contributed by atoms with Gasteiger partial charge in [0, 0.05) is 23.2 Å². The van der Waals surface area contributed by atoms with Crippen molar-refractivity contribution in [2.75, 3.05) is 13.7 Å². The van der Waals surface area contributed by atoms with Crippen molar-refractivity contribution in [2.45, 2.75) is 58.1 Å². The number of halogens is 1. The minimum atomic E-state index is 0.304. The van der Waals surface area contributed by atoms with Crippen molar-refractivity contribution >= 4 is 11.6 Å². The van der Waals surface area contributed by atoms with Gasteiger partial charge in [-0.15, -0.1) is 0 Å². The second kappa shape index (κ2) is 8.50. The predicted octanol–water partition coefficient (Wildman–Crippen LogP) is 4.56. The van der Waals surface area contributed by atoms with E-state index in [1.807, 2.05) is 12.1 Å². The summed E-state index contributed by atoms with van der Waals surface area (Å²) in [6.45, 7) is 3.90. The molecule has 1 aromatic carbocycles. The molecule has 1 fully saturated rings. The third kappa shape index (κ3) is 4.79. The fourth-order valence-corrected chi connectivity index (χ4v) is 3.02. The van der Waals surface area contributed by atoms with Crippen LogP contribution in [0, 0.1) is 0 Å². The van der Waals surface area contributed by atoms with Crippen LogP contribution in [0.4, 0.5) is 0 Å². The molecule has 0 saturated heterocycles. The quantitative estimate of drug-likeness (QED) is 0.749. The molecule has 0 unspecified atom stereocenters. The highest BCUT2D eigenvalue weighted by Gasteiger charge is 2.20. The molecule has 2 rings (SSSR count). The first-order valence-electron chi connectivity index (χ1n) is 7.98. The van der Waals surface area contributed by atoms with Crippen molar-refractivity contribution in [1.82, 2.24) is 5.32 Å². The van der Waals surface area contributed by atoms with Gasteiger partial charge >= 0.3 is 0 Å². The van der Waals surface area contributed by atoms with E-state index in [0.29, 0.717) is 11.1 Å². The van der Waals surface area contributed by atoms with Crippen LogP contribution in [0.3, 0.4) is 0 Å². The van der Waals surface area contributed by atoms with E-state index in [1.165, 1.54) is 19.3 Å². The smallest absolute Gasteiger partial charge is 0.166 e. The monoisotopic (exact) mass is 311 g/mol. The topological polar surface area (TPSA) is 30.5 Å². The van der Waals surface area contributed by atoms with E-state index in [4.69, 9.17) is 21.1 Å². The van der Waals surface area contributed by atoms with Gasteiger partial charge in [-0.3, -0.25) is 0 Å². The molecule has 0 radical (unpaired) electrons. The van der Waals surface area contributed by atoms with Crippen LogP contribution in [-0.2, 0) is 6.54 Å². The molecule has 0 spiro atoms. The number of ether oxygens (including phenoxy) is 2.